The third-order valence-corrected chi connectivity index (χ3v) is 6.09. The van der Waals surface area contributed by atoms with Crippen molar-refractivity contribution in [3.8, 4) is 11.5 Å². The zero-order valence-corrected chi connectivity index (χ0v) is 18.3. The molecular formula is C22H20N2O8S. The standard InChI is InChI=1S/C22H20N2O8S/c1-14(21(25)24-16-7-8-19-20(11-16)31-13-30-19)32-22(26)15-4-2-6-18(10-15)33(27,28)23-12-17-5-3-9-29-17/h2-11,14,23H,12-13H2,1H3,(H,24,25)/t14-/m0/s1. The van der Waals surface area contributed by atoms with E-state index in [0.717, 1.165) is 0 Å². The van der Waals surface area contributed by atoms with E-state index in [4.69, 9.17) is 18.6 Å². The summed E-state index contributed by atoms with van der Waals surface area (Å²) in [6.07, 6.45) is 0.296. The van der Waals surface area contributed by atoms with Crippen molar-refractivity contribution < 1.29 is 36.6 Å². The number of furan rings is 1. The van der Waals surface area contributed by atoms with E-state index >= 15 is 0 Å². The van der Waals surface area contributed by atoms with Gasteiger partial charge in [-0.05, 0) is 49.4 Å². The molecule has 0 spiro atoms. The van der Waals surface area contributed by atoms with E-state index in [9.17, 15) is 18.0 Å². The molecule has 1 aliphatic heterocycles. The largest absolute Gasteiger partial charge is 0.468 e. The third kappa shape index (κ3) is 5.33. The van der Waals surface area contributed by atoms with Gasteiger partial charge in [0.25, 0.3) is 5.91 Å². The van der Waals surface area contributed by atoms with Crippen molar-refractivity contribution in [1.82, 2.24) is 4.72 Å². The summed E-state index contributed by atoms with van der Waals surface area (Å²) in [7, 11) is -3.90. The van der Waals surface area contributed by atoms with Crippen molar-refractivity contribution in [1.29, 1.82) is 0 Å². The molecule has 2 aromatic carbocycles. The zero-order chi connectivity index (χ0) is 23.4. The van der Waals surface area contributed by atoms with Crippen LogP contribution in [-0.2, 0) is 26.1 Å². The molecule has 1 amide bonds. The number of rotatable bonds is 8. The summed E-state index contributed by atoms with van der Waals surface area (Å²) in [6.45, 7) is 1.47. The Kier molecular flexibility index (Phi) is 6.33. The van der Waals surface area contributed by atoms with Crippen LogP contribution in [0, 0.1) is 0 Å². The number of sulfonamides is 1. The Morgan fingerprint density at radius 3 is 2.67 bits per heavy atom. The Hall–Kier alpha value is -3.83. The second kappa shape index (κ2) is 9.35. The molecule has 2 heterocycles. The van der Waals surface area contributed by atoms with Crippen molar-refractivity contribution in [2.24, 2.45) is 0 Å². The lowest BCUT2D eigenvalue weighted by atomic mass is 10.2. The van der Waals surface area contributed by atoms with Crippen LogP contribution in [0.2, 0.25) is 0 Å². The molecule has 4 rings (SSSR count). The Labute approximate surface area is 189 Å². The highest BCUT2D eigenvalue weighted by Crippen LogP contribution is 2.34. The lowest BCUT2D eigenvalue weighted by Crippen LogP contribution is -2.30. The lowest BCUT2D eigenvalue weighted by molar-refractivity contribution is -0.123. The van der Waals surface area contributed by atoms with Crippen molar-refractivity contribution in [2.75, 3.05) is 12.1 Å². The highest BCUT2D eigenvalue weighted by molar-refractivity contribution is 7.89. The van der Waals surface area contributed by atoms with E-state index < -0.39 is 28.0 Å². The number of carbonyl (C=O) groups is 2. The molecule has 0 bridgehead atoms. The summed E-state index contributed by atoms with van der Waals surface area (Å²) in [5, 5.41) is 2.63. The van der Waals surface area contributed by atoms with Crippen LogP contribution < -0.4 is 19.5 Å². The smallest absolute Gasteiger partial charge is 0.338 e. The van der Waals surface area contributed by atoms with Crippen molar-refractivity contribution in [3.05, 3.63) is 72.2 Å². The molecule has 33 heavy (non-hydrogen) atoms. The first-order valence-electron chi connectivity index (χ1n) is 9.85. The SMILES string of the molecule is C[C@H](OC(=O)c1cccc(S(=O)(=O)NCc2ccco2)c1)C(=O)Nc1ccc2c(c1)OCO2. The number of carbonyl (C=O) groups excluding carboxylic acids is 2. The van der Waals surface area contributed by atoms with Gasteiger partial charge in [-0.25, -0.2) is 17.9 Å². The molecular weight excluding hydrogens is 452 g/mol. The number of nitrogens with one attached hydrogen (secondary N) is 2. The third-order valence-electron chi connectivity index (χ3n) is 4.69. The maximum atomic E-state index is 12.5. The number of benzene rings is 2. The maximum absolute atomic E-state index is 12.5. The first-order chi connectivity index (χ1) is 15.8. The van der Waals surface area contributed by atoms with E-state index in [-0.39, 0.29) is 23.8 Å². The fourth-order valence-corrected chi connectivity index (χ4v) is 3.99. The van der Waals surface area contributed by atoms with E-state index in [1.54, 1.807) is 30.3 Å². The van der Waals surface area contributed by atoms with Crippen LogP contribution in [0.25, 0.3) is 0 Å². The predicted molar refractivity (Wildman–Crippen MR) is 115 cm³/mol. The topological polar surface area (TPSA) is 133 Å². The first-order valence-corrected chi connectivity index (χ1v) is 11.3. The van der Waals surface area contributed by atoms with Gasteiger partial charge >= 0.3 is 5.97 Å². The van der Waals surface area contributed by atoms with Crippen LogP contribution in [-0.4, -0.2) is 33.2 Å². The van der Waals surface area contributed by atoms with Crippen LogP contribution in [0.15, 0.2) is 70.2 Å². The van der Waals surface area contributed by atoms with Crippen molar-refractivity contribution in [2.45, 2.75) is 24.5 Å². The van der Waals surface area contributed by atoms with Gasteiger partial charge < -0.3 is 23.9 Å². The molecule has 10 nitrogen and oxygen atoms in total. The van der Waals surface area contributed by atoms with Crippen molar-refractivity contribution >= 4 is 27.6 Å². The molecule has 0 fully saturated rings. The van der Waals surface area contributed by atoms with Gasteiger partial charge in [0.2, 0.25) is 16.8 Å². The van der Waals surface area contributed by atoms with Crippen LogP contribution in [0.3, 0.4) is 0 Å². The Balaban J connectivity index is 1.38. The van der Waals surface area contributed by atoms with Crippen LogP contribution in [0.5, 0.6) is 11.5 Å². The Morgan fingerprint density at radius 2 is 1.88 bits per heavy atom. The zero-order valence-electron chi connectivity index (χ0n) is 17.4. The number of amides is 1. The highest BCUT2D eigenvalue weighted by atomic mass is 32.2. The molecule has 0 radical (unpaired) electrons. The molecule has 0 saturated heterocycles. The summed E-state index contributed by atoms with van der Waals surface area (Å²) in [5.74, 6) is 0.103. The van der Waals surface area contributed by atoms with Crippen LogP contribution in [0.4, 0.5) is 5.69 Å². The van der Waals surface area contributed by atoms with Gasteiger partial charge in [-0.1, -0.05) is 6.07 Å². The minimum Gasteiger partial charge on any atom is -0.468 e. The number of hydrogen-bond acceptors (Lipinski definition) is 8. The molecule has 3 aromatic rings. The lowest BCUT2D eigenvalue weighted by Gasteiger charge is -2.14. The highest BCUT2D eigenvalue weighted by Gasteiger charge is 2.22. The van der Waals surface area contributed by atoms with Gasteiger partial charge in [-0.15, -0.1) is 0 Å². The second-order valence-corrected chi connectivity index (χ2v) is 8.80. The number of ether oxygens (including phenoxy) is 3. The fraction of sp³-hybridized carbons (Fsp3) is 0.182. The summed E-state index contributed by atoms with van der Waals surface area (Å²) in [4.78, 5) is 24.8. The molecule has 1 aliphatic rings. The average molecular weight is 472 g/mol. The predicted octanol–water partition coefficient (Wildman–Crippen LogP) is 2.67. The fourth-order valence-electron chi connectivity index (χ4n) is 2.95. The Morgan fingerprint density at radius 1 is 1.06 bits per heavy atom. The quantitative estimate of drug-likeness (QED) is 0.478. The van der Waals surface area contributed by atoms with E-state index in [0.29, 0.717) is 22.9 Å². The molecule has 1 atom stereocenters. The summed E-state index contributed by atoms with van der Waals surface area (Å²) >= 11 is 0. The summed E-state index contributed by atoms with van der Waals surface area (Å²) in [6, 6.07) is 13.5. The molecule has 1 aromatic heterocycles. The van der Waals surface area contributed by atoms with Gasteiger partial charge in [0.05, 0.1) is 23.3 Å². The van der Waals surface area contributed by atoms with Gasteiger partial charge in [0.15, 0.2) is 17.6 Å². The Bertz CT molecular complexity index is 1270. The second-order valence-electron chi connectivity index (χ2n) is 7.04. The molecule has 2 N–H and O–H groups in total. The first kappa shape index (κ1) is 22.4. The minimum atomic E-state index is -3.90. The van der Waals surface area contributed by atoms with E-state index in [1.165, 1.54) is 37.5 Å². The van der Waals surface area contributed by atoms with Gasteiger partial charge in [-0.2, -0.15) is 0 Å². The maximum Gasteiger partial charge on any atom is 0.338 e. The molecule has 172 valence electrons. The van der Waals surface area contributed by atoms with Gasteiger partial charge in [0.1, 0.15) is 5.76 Å². The summed E-state index contributed by atoms with van der Waals surface area (Å²) < 4.78 is 48.2. The van der Waals surface area contributed by atoms with Crippen molar-refractivity contribution in [3.63, 3.8) is 0 Å². The number of fused-ring (bicyclic) bond motifs is 1. The van der Waals surface area contributed by atoms with Gasteiger partial charge in [0, 0.05) is 11.8 Å². The van der Waals surface area contributed by atoms with E-state index in [2.05, 4.69) is 10.0 Å². The van der Waals surface area contributed by atoms with Gasteiger partial charge in [-0.3, -0.25) is 4.79 Å². The minimum absolute atomic E-state index is 0.0152. The molecule has 11 heteroatoms. The number of esters is 1. The molecule has 0 saturated carbocycles. The monoisotopic (exact) mass is 472 g/mol. The van der Waals surface area contributed by atoms with E-state index in [1.807, 2.05) is 0 Å². The van der Waals surface area contributed by atoms with Crippen LogP contribution in [0.1, 0.15) is 23.0 Å². The number of anilines is 1. The average Bonchev–Trinajstić information content (AvgIpc) is 3.49. The summed E-state index contributed by atoms with van der Waals surface area (Å²) in [5.41, 5.74) is 0.432. The molecule has 0 aliphatic carbocycles. The van der Waals surface area contributed by atoms with Crippen LogP contribution >= 0.6 is 0 Å². The normalized spacial score (nSPS) is 13.4. The number of hydrogen-bond donors (Lipinski definition) is 2. The molecule has 0 unspecified atom stereocenters.